The molecule has 5 nitrogen and oxygen atoms in total. The molecule has 0 heterocycles. The molecule has 0 radical (unpaired) electrons. The van der Waals surface area contributed by atoms with Crippen molar-refractivity contribution < 1.29 is 10.0 Å². The lowest BCUT2D eigenvalue weighted by atomic mass is 10.1. The van der Waals surface area contributed by atoms with Crippen LogP contribution in [-0.2, 0) is 0 Å². The lowest BCUT2D eigenvalue weighted by molar-refractivity contribution is -0.386. The average Bonchev–Trinajstić information content (AvgIpc) is 2.16. The number of aliphatic hydroxyl groups is 1. The Labute approximate surface area is 74.0 Å². The maximum absolute atomic E-state index is 10.4. The largest absolute Gasteiger partial charge is 0.374 e. The fourth-order valence-electron chi connectivity index (χ4n) is 0.955. The zero-order valence-electron chi connectivity index (χ0n) is 6.54. The standard InChI is InChI=1S/C8H6N2O3/c9-5-8(11)6-3-1-2-4-7(6)10(12)13/h1-4,8,11H/t8-/m0/s1. The van der Waals surface area contributed by atoms with Crippen LogP contribution in [0.5, 0.6) is 0 Å². The summed E-state index contributed by atoms with van der Waals surface area (Å²) in [5.41, 5.74) is -0.216. The third-order valence-electron chi connectivity index (χ3n) is 1.55. The third-order valence-corrected chi connectivity index (χ3v) is 1.55. The summed E-state index contributed by atoms with van der Waals surface area (Å²) < 4.78 is 0. The second-order valence-electron chi connectivity index (χ2n) is 2.35. The Bertz CT molecular complexity index is 370. The molecule has 13 heavy (non-hydrogen) atoms. The number of nitriles is 1. The van der Waals surface area contributed by atoms with Gasteiger partial charge in [-0.2, -0.15) is 5.26 Å². The van der Waals surface area contributed by atoms with Gasteiger partial charge in [-0.15, -0.1) is 0 Å². The van der Waals surface area contributed by atoms with Crippen LogP contribution in [-0.4, -0.2) is 10.0 Å². The number of nitro groups is 1. The third kappa shape index (κ3) is 1.80. The Kier molecular flexibility index (Phi) is 2.57. The Hall–Kier alpha value is -1.93. The van der Waals surface area contributed by atoms with Crippen LogP contribution in [0.15, 0.2) is 24.3 Å². The van der Waals surface area contributed by atoms with E-state index in [0.29, 0.717) is 0 Å². The molecule has 0 unspecified atom stereocenters. The summed E-state index contributed by atoms with van der Waals surface area (Å²) >= 11 is 0. The van der Waals surface area contributed by atoms with Crippen LogP contribution in [0.25, 0.3) is 0 Å². The number of nitro benzene ring substituents is 1. The van der Waals surface area contributed by atoms with Crippen molar-refractivity contribution in [2.24, 2.45) is 0 Å². The molecule has 1 aromatic carbocycles. The molecule has 0 saturated carbocycles. The molecule has 0 spiro atoms. The lowest BCUT2D eigenvalue weighted by Crippen LogP contribution is -1.99. The first-order valence-corrected chi connectivity index (χ1v) is 3.48. The number of hydrogen-bond donors (Lipinski definition) is 1. The van der Waals surface area contributed by atoms with E-state index in [1.807, 2.05) is 0 Å². The van der Waals surface area contributed by atoms with Gasteiger partial charge in [0.15, 0.2) is 6.10 Å². The van der Waals surface area contributed by atoms with E-state index >= 15 is 0 Å². The van der Waals surface area contributed by atoms with E-state index in [2.05, 4.69) is 0 Å². The number of benzene rings is 1. The van der Waals surface area contributed by atoms with Crippen LogP contribution in [0, 0.1) is 21.4 Å². The first kappa shape index (κ1) is 9.16. The van der Waals surface area contributed by atoms with Gasteiger partial charge in [0.05, 0.1) is 16.6 Å². The summed E-state index contributed by atoms with van der Waals surface area (Å²) in [6, 6.07) is 7.14. The Morgan fingerprint density at radius 2 is 2.15 bits per heavy atom. The highest BCUT2D eigenvalue weighted by Gasteiger charge is 2.18. The number of aliphatic hydroxyl groups excluding tert-OH is 1. The molecule has 1 rings (SSSR count). The molecule has 5 heteroatoms. The van der Waals surface area contributed by atoms with Crippen LogP contribution in [0.4, 0.5) is 5.69 Å². The second-order valence-corrected chi connectivity index (χ2v) is 2.35. The van der Waals surface area contributed by atoms with Crippen LogP contribution >= 0.6 is 0 Å². The summed E-state index contributed by atoms with van der Waals surface area (Å²) in [6.45, 7) is 0. The van der Waals surface area contributed by atoms with Gasteiger partial charge in [-0.05, 0) is 6.07 Å². The van der Waals surface area contributed by atoms with Gasteiger partial charge in [-0.25, -0.2) is 0 Å². The highest BCUT2D eigenvalue weighted by Crippen LogP contribution is 2.23. The molecule has 66 valence electrons. The fourth-order valence-corrected chi connectivity index (χ4v) is 0.955. The summed E-state index contributed by atoms with van der Waals surface area (Å²) in [4.78, 5) is 9.80. The van der Waals surface area contributed by atoms with E-state index in [1.165, 1.54) is 30.3 Å². The molecule has 0 saturated heterocycles. The molecular formula is C8H6N2O3. The Balaban J connectivity index is 3.21. The van der Waals surface area contributed by atoms with Crippen molar-refractivity contribution in [1.82, 2.24) is 0 Å². The fraction of sp³-hybridized carbons (Fsp3) is 0.125. The molecule has 1 atom stereocenters. The molecule has 0 aliphatic carbocycles. The first-order valence-electron chi connectivity index (χ1n) is 3.48. The van der Waals surface area contributed by atoms with Crippen molar-refractivity contribution in [2.75, 3.05) is 0 Å². The summed E-state index contributed by atoms with van der Waals surface area (Å²) in [5.74, 6) is 0. The van der Waals surface area contributed by atoms with E-state index in [4.69, 9.17) is 10.4 Å². The van der Waals surface area contributed by atoms with E-state index in [9.17, 15) is 10.1 Å². The van der Waals surface area contributed by atoms with Gasteiger partial charge in [-0.1, -0.05) is 12.1 Å². The van der Waals surface area contributed by atoms with Gasteiger partial charge in [-0.3, -0.25) is 10.1 Å². The minimum Gasteiger partial charge on any atom is -0.374 e. The van der Waals surface area contributed by atoms with Crippen LogP contribution in [0.3, 0.4) is 0 Å². The monoisotopic (exact) mass is 178 g/mol. The van der Waals surface area contributed by atoms with Gasteiger partial charge in [0.2, 0.25) is 0 Å². The van der Waals surface area contributed by atoms with Gasteiger partial charge in [0.1, 0.15) is 0 Å². The van der Waals surface area contributed by atoms with E-state index in [0.717, 1.165) is 0 Å². The van der Waals surface area contributed by atoms with E-state index in [1.54, 1.807) is 0 Å². The molecule has 1 aromatic rings. The average molecular weight is 178 g/mol. The van der Waals surface area contributed by atoms with Crippen molar-refractivity contribution in [3.8, 4) is 6.07 Å². The molecule has 0 aromatic heterocycles. The number of rotatable bonds is 2. The van der Waals surface area contributed by atoms with Gasteiger partial charge < -0.3 is 5.11 Å². The highest BCUT2D eigenvalue weighted by atomic mass is 16.6. The molecule has 0 fully saturated rings. The molecule has 0 bridgehead atoms. The van der Waals surface area contributed by atoms with Crippen molar-refractivity contribution in [1.29, 1.82) is 5.26 Å². The molecule has 0 aliphatic rings. The topological polar surface area (TPSA) is 87.2 Å². The van der Waals surface area contributed by atoms with Crippen LogP contribution in [0.2, 0.25) is 0 Å². The lowest BCUT2D eigenvalue weighted by Gasteiger charge is -2.01. The van der Waals surface area contributed by atoms with Gasteiger partial charge in [0, 0.05) is 6.07 Å². The molecular weight excluding hydrogens is 172 g/mol. The highest BCUT2D eigenvalue weighted by molar-refractivity contribution is 5.43. The SMILES string of the molecule is N#C[C@H](O)c1ccccc1[N+](=O)[O-]. The number of para-hydroxylation sites is 1. The summed E-state index contributed by atoms with van der Waals surface area (Å²) in [5, 5.41) is 27.9. The molecule has 1 N–H and O–H groups in total. The first-order chi connectivity index (χ1) is 6.16. The zero-order valence-corrected chi connectivity index (χ0v) is 6.54. The molecule has 0 amide bonds. The smallest absolute Gasteiger partial charge is 0.276 e. The normalized spacial score (nSPS) is 11.7. The quantitative estimate of drug-likeness (QED) is 0.418. The van der Waals surface area contributed by atoms with E-state index < -0.39 is 11.0 Å². The van der Waals surface area contributed by atoms with Crippen molar-refractivity contribution >= 4 is 5.69 Å². The van der Waals surface area contributed by atoms with Crippen molar-refractivity contribution in [3.63, 3.8) is 0 Å². The number of hydrogen-bond acceptors (Lipinski definition) is 4. The van der Waals surface area contributed by atoms with Crippen molar-refractivity contribution in [3.05, 3.63) is 39.9 Å². The Morgan fingerprint density at radius 3 is 2.69 bits per heavy atom. The minimum absolute atomic E-state index is 0.0231. The predicted molar refractivity (Wildman–Crippen MR) is 43.7 cm³/mol. The van der Waals surface area contributed by atoms with Gasteiger partial charge >= 0.3 is 0 Å². The second kappa shape index (κ2) is 3.65. The maximum Gasteiger partial charge on any atom is 0.276 e. The minimum atomic E-state index is -1.44. The van der Waals surface area contributed by atoms with E-state index in [-0.39, 0.29) is 11.3 Å². The summed E-state index contributed by atoms with van der Waals surface area (Å²) in [6.07, 6.45) is -1.44. The van der Waals surface area contributed by atoms with Crippen LogP contribution < -0.4 is 0 Å². The summed E-state index contributed by atoms with van der Waals surface area (Å²) in [7, 11) is 0. The van der Waals surface area contributed by atoms with Gasteiger partial charge in [0.25, 0.3) is 5.69 Å². The van der Waals surface area contributed by atoms with Crippen molar-refractivity contribution in [2.45, 2.75) is 6.10 Å². The zero-order chi connectivity index (χ0) is 9.84. The molecule has 0 aliphatic heterocycles. The van der Waals surface area contributed by atoms with Crippen LogP contribution in [0.1, 0.15) is 11.7 Å². The predicted octanol–water partition coefficient (Wildman–Crippen LogP) is 1.15. The number of nitrogens with zero attached hydrogens (tertiary/aromatic N) is 2. The maximum atomic E-state index is 10.4. The Morgan fingerprint density at radius 1 is 1.54 bits per heavy atom.